The van der Waals surface area contributed by atoms with Crippen LogP contribution in [0.3, 0.4) is 0 Å². The normalized spacial score (nSPS) is 25.5. The highest BCUT2D eigenvalue weighted by Gasteiger charge is 2.33. The molecule has 3 heterocycles. The van der Waals surface area contributed by atoms with Gasteiger partial charge in [0.05, 0.1) is 17.6 Å². The summed E-state index contributed by atoms with van der Waals surface area (Å²) >= 11 is 0. The molecule has 8 nitrogen and oxygen atoms in total. The van der Waals surface area contributed by atoms with Crippen LogP contribution in [0, 0.1) is 0 Å². The van der Waals surface area contributed by atoms with Gasteiger partial charge in [-0.05, 0) is 19.3 Å². The summed E-state index contributed by atoms with van der Waals surface area (Å²) in [4.78, 5) is 22.2. The van der Waals surface area contributed by atoms with Crippen molar-refractivity contribution in [2.45, 2.75) is 31.4 Å². The van der Waals surface area contributed by atoms with Crippen LogP contribution in [0.25, 0.3) is 0 Å². The molecule has 1 N–H and O–H groups in total. The molecule has 1 amide bonds. The molecule has 9 heteroatoms. The maximum atomic E-state index is 12.5. The number of nitrogens with zero attached hydrogens (tertiary/aromatic N) is 3. The van der Waals surface area contributed by atoms with Gasteiger partial charge in [-0.25, -0.2) is 18.4 Å². The molecular weight excluding hydrogens is 332 g/mol. The Morgan fingerprint density at radius 3 is 2.92 bits per heavy atom. The minimum absolute atomic E-state index is 0.0183. The van der Waals surface area contributed by atoms with Crippen molar-refractivity contribution in [1.29, 1.82) is 0 Å². The largest absolute Gasteiger partial charge is 0.376 e. The lowest BCUT2D eigenvalue weighted by Gasteiger charge is -2.23. The monoisotopic (exact) mass is 354 g/mol. The Balaban J connectivity index is 1.63. The molecule has 0 aliphatic carbocycles. The van der Waals surface area contributed by atoms with E-state index in [0.29, 0.717) is 18.8 Å². The van der Waals surface area contributed by atoms with E-state index in [1.54, 1.807) is 13.1 Å². The van der Waals surface area contributed by atoms with E-state index < -0.39 is 9.84 Å². The standard InChI is InChI=1S/C15H22N4O4S/c1-19(11-4-6-24(21,22)9-11)15(20)13-7-14(18-10-17-13)16-8-12-3-2-5-23-12/h7,10-12H,2-6,8-9H2,1H3,(H,16,17,18). The average Bonchev–Trinajstić information content (AvgIpc) is 3.21. The number of aromatic nitrogens is 2. The Hall–Kier alpha value is -1.74. The van der Waals surface area contributed by atoms with Gasteiger partial charge < -0.3 is 15.0 Å². The van der Waals surface area contributed by atoms with Crippen molar-refractivity contribution >= 4 is 21.6 Å². The van der Waals surface area contributed by atoms with Crippen LogP contribution in [0.1, 0.15) is 29.8 Å². The smallest absolute Gasteiger partial charge is 0.272 e. The van der Waals surface area contributed by atoms with Gasteiger partial charge in [-0.3, -0.25) is 4.79 Å². The summed E-state index contributed by atoms with van der Waals surface area (Å²) in [6.07, 6.45) is 4.06. The molecule has 3 rings (SSSR count). The molecule has 0 saturated carbocycles. The van der Waals surface area contributed by atoms with Gasteiger partial charge in [0.25, 0.3) is 5.91 Å². The molecule has 2 aliphatic heterocycles. The third-order valence-electron chi connectivity index (χ3n) is 4.50. The zero-order chi connectivity index (χ0) is 17.2. The predicted molar refractivity (Wildman–Crippen MR) is 88.6 cm³/mol. The van der Waals surface area contributed by atoms with E-state index in [4.69, 9.17) is 4.74 Å². The number of hydrogen-bond acceptors (Lipinski definition) is 7. The Morgan fingerprint density at radius 1 is 1.42 bits per heavy atom. The fourth-order valence-electron chi connectivity index (χ4n) is 3.02. The Kier molecular flexibility index (Phi) is 5.00. The maximum Gasteiger partial charge on any atom is 0.272 e. The first-order chi connectivity index (χ1) is 11.4. The van der Waals surface area contributed by atoms with Gasteiger partial charge in [-0.1, -0.05) is 0 Å². The highest BCUT2D eigenvalue weighted by atomic mass is 32.2. The number of ether oxygens (including phenoxy) is 1. The lowest BCUT2D eigenvalue weighted by atomic mass is 10.2. The number of amides is 1. The van der Waals surface area contributed by atoms with Crippen molar-refractivity contribution < 1.29 is 17.9 Å². The van der Waals surface area contributed by atoms with Gasteiger partial charge in [-0.2, -0.15) is 0 Å². The fraction of sp³-hybridized carbons (Fsp3) is 0.667. The van der Waals surface area contributed by atoms with Crippen molar-refractivity contribution in [2.75, 3.05) is 37.0 Å². The number of sulfone groups is 1. The van der Waals surface area contributed by atoms with E-state index >= 15 is 0 Å². The Bertz CT molecular complexity index is 703. The van der Waals surface area contributed by atoms with Gasteiger partial charge in [-0.15, -0.1) is 0 Å². The van der Waals surface area contributed by atoms with E-state index in [-0.39, 0.29) is 35.3 Å². The lowest BCUT2D eigenvalue weighted by Crippen LogP contribution is -2.38. The van der Waals surface area contributed by atoms with E-state index in [2.05, 4.69) is 15.3 Å². The molecule has 0 radical (unpaired) electrons. The number of carbonyl (C=O) groups is 1. The molecule has 0 spiro atoms. The first-order valence-electron chi connectivity index (χ1n) is 8.10. The Morgan fingerprint density at radius 2 is 2.25 bits per heavy atom. The summed E-state index contributed by atoms with van der Waals surface area (Å²) in [6, 6.07) is 1.30. The summed E-state index contributed by atoms with van der Waals surface area (Å²) in [7, 11) is -1.41. The minimum Gasteiger partial charge on any atom is -0.376 e. The van der Waals surface area contributed by atoms with Crippen LogP contribution in [0.5, 0.6) is 0 Å². The third kappa shape index (κ3) is 4.02. The molecule has 2 fully saturated rings. The summed E-state index contributed by atoms with van der Waals surface area (Å²) < 4.78 is 28.7. The first-order valence-corrected chi connectivity index (χ1v) is 9.92. The van der Waals surface area contributed by atoms with Gasteiger partial charge in [0, 0.05) is 32.3 Å². The van der Waals surface area contributed by atoms with Crippen LogP contribution in [0.4, 0.5) is 5.82 Å². The summed E-state index contributed by atoms with van der Waals surface area (Å²) in [5, 5.41) is 3.16. The third-order valence-corrected chi connectivity index (χ3v) is 6.25. The number of hydrogen-bond donors (Lipinski definition) is 1. The van der Waals surface area contributed by atoms with Crippen LogP contribution in [-0.2, 0) is 14.6 Å². The van der Waals surface area contributed by atoms with Crippen molar-refractivity contribution in [3.63, 3.8) is 0 Å². The summed E-state index contributed by atoms with van der Waals surface area (Å²) in [5.74, 6) is 0.425. The molecular formula is C15H22N4O4S. The maximum absolute atomic E-state index is 12.5. The molecule has 132 valence electrons. The van der Waals surface area contributed by atoms with E-state index in [1.807, 2.05) is 0 Å². The molecule has 2 atom stereocenters. The first kappa shape index (κ1) is 17.1. The van der Waals surface area contributed by atoms with E-state index in [0.717, 1.165) is 19.4 Å². The summed E-state index contributed by atoms with van der Waals surface area (Å²) in [5.41, 5.74) is 0.256. The van der Waals surface area contributed by atoms with Crippen molar-refractivity contribution in [2.24, 2.45) is 0 Å². The van der Waals surface area contributed by atoms with Crippen LogP contribution in [0.15, 0.2) is 12.4 Å². The van der Waals surface area contributed by atoms with E-state index in [9.17, 15) is 13.2 Å². The zero-order valence-corrected chi connectivity index (χ0v) is 14.5. The molecule has 1 aromatic rings. The van der Waals surface area contributed by atoms with Crippen molar-refractivity contribution in [1.82, 2.24) is 14.9 Å². The molecule has 2 aliphatic rings. The summed E-state index contributed by atoms with van der Waals surface area (Å²) in [6.45, 7) is 1.43. The highest BCUT2D eigenvalue weighted by molar-refractivity contribution is 7.91. The fourth-order valence-corrected chi connectivity index (χ4v) is 4.80. The highest BCUT2D eigenvalue weighted by Crippen LogP contribution is 2.19. The van der Waals surface area contributed by atoms with Crippen LogP contribution >= 0.6 is 0 Å². The second kappa shape index (κ2) is 7.02. The lowest BCUT2D eigenvalue weighted by molar-refractivity contribution is 0.0741. The molecule has 24 heavy (non-hydrogen) atoms. The SMILES string of the molecule is CN(C(=O)c1cc(NCC2CCCO2)ncn1)C1CCS(=O)(=O)C1. The van der Waals surface area contributed by atoms with Crippen molar-refractivity contribution in [3.05, 3.63) is 18.1 Å². The van der Waals surface area contributed by atoms with Gasteiger partial charge in [0.1, 0.15) is 17.8 Å². The molecule has 2 saturated heterocycles. The number of nitrogens with one attached hydrogen (secondary N) is 1. The van der Waals surface area contributed by atoms with Crippen LogP contribution < -0.4 is 5.32 Å². The topological polar surface area (TPSA) is 101 Å². The minimum atomic E-state index is -3.04. The number of rotatable bonds is 5. The van der Waals surface area contributed by atoms with Gasteiger partial charge in [0.2, 0.25) is 0 Å². The quantitative estimate of drug-likeness (QED) is 0.813. The molecule has 2 unspecified atom stereocenters. The average molecular weight is 354 g/mol. The second-order valence-corrected chi connectivity index (χ2v) is 8.51. The van der Waals surface area contributed by atoms with Crippen LogP contribution in [-0.4, -0.2) is 73.0 Å². The Labute approximate surface area is 141 Å². The number of anilines is 1. The van der Waals surface area contributed by atoms with E-state index in [1.165, 1.54) is 11.2 Å². The van der Waals surface area contributed by atoms with Gasteiger partial charge in [0.15, 0.2) is 9.84 Å². The van der Waals surface area contributed by atoms with Crippen molar-refractivity contribution in [3.8, 4) is 0 Å². The van der Waals surface area contributed by atoms with Crippen LogP contribution in [0.2, 0.25) is 0 Å². The molecule has 1 aromatic heterocycles. The van der Waals surface area contributed by atoms with Gasteiger partial charge >= 0.3 is 0 Å². The number of carbonyl (C=O) groups excluding carboxylic acids is 1. The second-order valence-electron chi connectivity index (χ2n) is 6.28. The zero-order valence-electron chi connectivity index (χ0n) is 13.6. The predicted octanol–water partition coefficient (Wildman–Crippen LogP) is 0.327. The molecule has 0 aromatic carbocycles. The molecule has 0 bridgehead atoms.